The Balaban J connectivity index is 3.79. The Morgan fingerprint density at radius 2 is 2.00 bits per heavy atom. The molecule has 0 aromatic carbocycles. The number of nitrogens with one attached hydrogen (secondary N) is 1. The Hall–Kier alpha value is -1.46. The predicted molar refractivity (Wildman–Crippen MR) is 28.2 cm³/mol. The number of carboxylic acids is 2. The molecule has 0 aromatic rings. The molecule has 1 N–H and O–H groups in total. The zero-order valence-electron chi connectivity index (χ0n) is 5.57. The van der Waals surface area contributed by atoms with Gasteiger partial charge in [-0.3, -0.25) is 0 Å². The maximum absolute atomic E-state index is 10.0. The van der Waals surface area contributed by atoms with E-state index in [0.29, 0.717) is 0 Å². The van der Waals surface area contributed by atoms with Gasteiger partial charge >= 0.3 is 0 Å². The molecule has 0 saturated carbocycles. The van der Waals surface area contributed by atoms with Crippen molar-refractivity contribution in [3.63, 3.8) is 0 Å². The molecule has 0 aromatic heterocycles. The number of carboxylic acid groups (broad SMARTS) is 2. The van der Waals surface area contributed by atoms with Crippen LogP contribution in [0.1, 0.15) is 12.8 Å². The first-order chi connectivity index (χ1) is 5.07. The van der Waals surface area contributed by atoms with E-state index in [9.17, 15) is 19.8 Å². The van der Waals surface area contributed by atoms with Crippen LogP contribution in [0.2, 0.25) is 0 Å². The first kappa shape index (κ1) is 9.54. The van der Waals surface area contributed by atoms with Crippen molar-refractivity contribution in [1.82, 2.24) is 0 Å². The number of hydrogen-bond donors (Lipinski definition) is 1. The average molecular weight is 158 g/mol. The normalized spacial score (nSPS) is 12.0. The van der Waals surface area contributed by atoms with Gasteiger partial charge in [-0.2, -0.15) is 5.11 Å². The van der Waals surface area contributed by atoms with Crippen LogP contribution in [0.4, 0.5) is 0 Å². The molecule has 11 heavy (non-hydrogen) atoms. The third kappa shape index (κ3) is 4.01. The predicted octanol–water partition coefficient (Wildman–Crippen LogP) is -2.33. The highest BCUT2D eigenvalue weighted by atomic mass is 16.4. The number of rotatable bonds is 5. The summed E-state index contributed by atoms with van der Waals surface area (Å²) in [6.07, 6.45) is -0.685. The fraction of sp³-hybridized carbons (Fsp3) is 0.600. The van der Waals surface area contributed by atoms with Gasteiger partial charge in [0.1, 0.15) is 6.04 Å². The number of nitrogens with zero attached hydrogens (tertiary/aromatic N) is 1. The Labute approximate surface area is 62.3 Å². The highest BCUT2D eigenvalue weighted by Gasteiger charge is 2.06. The molecule has 0 aliphatic heterocycles. The quantitative estimate of drug-likeness (QED) is 0.451. The van der Waals surface area contributed by atoms with Crippen LogP contribution >= 0.6 is 0 Å². The summed E-state index contributed by atoms with van der Waals surface area (Å²) in [4.78, 5) is 19.8. The topological polar surface area (TPSA) is 116 Å². The van der Waals surface area contributed by atoms with Crippen molar-refractivity contribution in [2.24, 2.45) is 5.11 Å². The van der Waals surface area contributed by atoms with Crippen molar-refractivity contribution in [3.8, 4) is 0 Å². The maximum Gasteiger partial charge on any atom is 0.110 e. The molecule has 6 heteroatoms. The second kappa shape index (κ2) is 4.37. The van der Waals surface area contributed by atoms with Crippen LogP contribution in [-0.4, -0.2) is 18.0 Å². The van der Waals surface area contributed by atoms with Gasteiger partial charge in [0, 0.05) is 5.97 Å². The van der Waals surface area contributed by atoms with Crippen molar-refractivity contribution in [3.05, 3.63) is 0 Å². The van der Waals surface area contributed by atoms with E-state index in [1.165, 1.54) is 0 Å². The SMILES string of the molecule is N=NC(CCC(=O)[O-])C(=O)[O-]. The fourth-order valence-electron chi connectivity index (χ4n) is 0.490. The summed E-state index contributed by atoms with van der Waals surface area (Å²) in [6, 6.07) is -1.37. The molecule has 1 unspecified atom stereocenters. The Morgan fingerprint density at radius 3 is 2.27 bits per heavy atom. The lowest BCUT2D eigenvalue weighted by atomic mass is 10.2. The van der Waals surface area contributed by atoms with Crippen molar-refractivity contribution in [1.29, 1.82) is 5.53 Å². The Bertz CT molecular complexity index is 179. The van der Waals surface area contributed by atoms with E-state index in [2.05, 4.69) is 5.11 Å². The standard InChI is InChI=1S/C5H8N2O4/c6-7-3(5(10)11)1-2-4(8)9/h3,6H,1-2H2,(H,8,9)(H,10,11)/p-2. The summed E-state index contributed by atoms with van der Waals surface area (Å²) >= 11 is 0. The van der Waals surface area contributed by atoms with Gasteiger partial charge in [0.05, 0.1) is 5.97 Å². The van der Waals surface area contributed by atoms with E-state index in [1.807, 2.05) is 0 Å². The Kier molecular flexibility index (Phi) is 3.79. The molecular formula is C5H6N2O4-2. The van der Waals surface area contributed by atoms with Crippen LogP contribution in [0.5, 0.6) is 0 Å². The smallest absolute Gasteiger partial charge is 0.110 e. The second-order valence-electron chi connectivity index (χ2n) is 1.87. The molecule has 0 fully saturated rings. The summed E-state index contributed by atoms with van der Waals surface area (Å²) in [6.45, 7) is 0. The largest absolute Gasteiger partial charge is 0.550 e. The van der Waals surface area contributed by atoms with E-state index in [-0.39, 0.29) is 6.42 Å². The van der Waals surface area contributed by atoms with Gasteiger partial charge in [-0.15, -0.1) is 0 Å². The van der Waals surface area contributed by atoms with Gasteiger partial charge in [0.15, 0.2) is 0 Å². The third-order valence-electron chi connectivity index (χ3n) is 1.05. The van der Waals surface area contributed by atoms with Crippen molar-refractivity contribution >= 4 is 11.9 Å². The minimum absolute atomic E-state index is 0.256. The first-order valence-electron chi connectivity index (χ1n) is 2.85. The molecule has 0 heterocycles. The van der Waals surface area contributed by atoms with E-state index < -0.39 is 24.4 Å². The van der Waals surface area contributed by atoms with E-state index >= 15 is 0 Å². The van der Waals surface area contributed by atoms with Crippen molar-refractivity contribution < 1.29 is 19.8 Å². The zero-order chi connectivity index (χ0) is 8.85. The molecule has 0 rings (SSSR count). The Morgan fingerprint density at radius 1 is 1.45 bits per heavy atom. The monoisotopic (exact) mass is 158 g/mol. The lowest BCUT2D eigenvalue weighted by Crippen LogP contribution is -2.35. The average Bonchev–Trinajstić information content (AvgIpc) is 1.87. The van der Waals surface area contributed by atoms with Crippen molar-refractivity contribution in [2.45, 2.75) is 18.9 Å². The van der Waals surface area contributed by atoms with Gasteiger partial charge in [0.2, 0.25) is 0 Å². The number of aliphatic carboxylic acids is 2. The summed E-state index contributed by atoms with van der Waals surface area (Å²) in [7, 11) is 0. The van der Waals surface area contributed by atoms with Gasteiger partial charge in [-0.05, 0) is 12.8 Å². The summed E-state index contributed by atoms with van der Waals surface area (Å²) in [5, 5.41) is 22.5. The third-order valence-corrected chi connectivity index (χ3v) is 1.05. The molecule has 62 valence electrons. The minimum Gasteiger partial charge on any atom is -0.550 e. The van der Waals surface area contributed by atoms with Crippen LogP contribution in [0.25, 0.3) is 0 Å². The summed E-state index contributed by atoms with van der Waals surface area (Å²) in [5.74, 6) is -2.90. The lowest BCUT2D eigenvalue weighted by Gasteiger charge is -2.10. The van der Waals surface area contributed by atoms with E-state index in [0.717, 1.165) is 0 Å². The summed E-state index contributed by atoms with van der Waals surface area (Å²) in [5.41, 5.74) is 6.33. The molecular weight excluding hydrogens is 152 g/mol. The number of carbonyl (C=O) groups is 2. The highest BCUT2D eigenvalue weighted by Crippen LogP contribution is 1.99. The van der Waals surface area contributed by atoms with Gasteiger partial charge in [-0.1, -0.05) is 0 Å². The van der Waals surface area contributed by atoms with E-state index in [4.69, 9.17) is 5.53 Å². The molecule has 0 spiro atoms. The number of carbonyl (C=O) groups excluding carboxylic acids is 2. The molecule has 0 radical (unpaired) electrons. The second-order valence-corrected chi connectivity index (χ2v) is 1.87. The first-order valence-corrected chi connectivity index (χ1v) is 2.85. The van der Waals surface area contributed by atoms with Gasteiger partial charge in [0.25, 0.3) is 0 Å². The fourth-order valence-corrected chi connectivity index (χ4v) is 0.490. The van der Waals surface area contributed by atoms with Gasteiger partial charge < -0.3 is 19.8 Å². The van der Waals surface area contributed by atoms with Crippen LogP contribution in [0.15, 0.2) is 5.11 Å². The summed E-state index contributed by atoms with van der Waals surface area (Å²) < 4.78 is 0. The van der Waals surface area contributed by atoms with Crippen LogP contribution < -0.4 is 10.2 Å². The molecule has 1 atom stereocenters. The van der Waals surface area contributed by atoms with Crippen LogP contribution in [-0.2, 0) is 9.59 Å². The molecule has 0 amide bonds. The highest BCUT2D eigenvalue weighted by molar-refractivity contribution is 5.72. The minimum atomic E-state index is -1.54. The van der Waals surface area contributed by atoms with Crippen molar-refractivity contribution in [2.75, 3.05) is 0 Å². The molecule has 0 aliphatic rings. The van der Waals surface area contributed by atoms with Gasteiger partial charge in [-0.25, -0.2) is 5.53 Å². The molecule has 0 bridgehead atoms. The maximum atomic E-state index is 10.0. The van der Waals surface area contributed by atoms with E-state index in [1.54, 1.807) is 0 Å². The molecule has 0 aliphatic carbocycles. The molecule has 6 nitrogen and oxygen atoms in total. The lowest BCUT2D eigenvalue weighted by molar-refractivity contribution is -0.309. The molecule has 0 saturated heterocycles. The van der Waals surface area contributed by atoms with Crippen LogP contribution in [0, 0.1) is 5.53 Å². The zero-order valence-corrected chi connectivity index (χ0v) is 5.57. The van der Waals surface area contributed by atoms with Crippen LogP contribution in [0.3, 0.4) is 0 Å². The number of hydrogen-bond acceptors (Lipinski definition) is 6.